The smallest absolute Gasteiger partial charge is 0.299 e. The van der Waals surface area contributed by atoms with Gasteiger partial charge in [-0.25, -0.2) is 9.00 Å². The predicted molar refractivity (Wildman–Crippen MR) is 63.5 cm³/mol. The monoisotopic (exact) mass is 250 g/mol. The molecule has 1 unspecified atom stereocenters. The number of aromatic nitrogens is 2. The number of nitrogens with one attached hydrogen (secondary N) is 2. The zero-order chi connectivity index (χ0) is 12.4. The summed E-state index contributed by atoms with van der Waals surface area (Å²) in [6.45, 7) is 1.52. The van der Waals surface area contributed by atoms with Gasteiger partial charge in [0.1, 0.15) is 15.8 Å². The first-order chi connectivity index (χ1) is 8.09. The Bertz CT molecular complexity index is 673. The normalized spacial score (nSPS) is 12.3. The van der Waals surface area contributed by atoms with Gasteiger partial charge in [-0.1, -0.05) is 18.2 Å². The van der Waals surface area contributed by atoms with Crippen LogP contribution in [0.15, 0.2) is 49.8 Å². The molecule has 0 amide bonds. The lowest BCUT2D eigenvalue weighted by molar-refractivity contribution is 0.677. The maximum Gasteiger partial charge on any atom is 0.326 e. The van der Waals surface area contributed by atoms with Gasteiger partial charge in [0.15, 0.2) is 0 Å². The van der Waals surface area contributed by atoms with Crippen LogP contribution in [-0.4, -0.2) is 14.2 Å². The SMILES string of the molecule is Cc1c(S(=O)c2ccccc2)[nH]c(=O)[nH]c1=O. The first-order valence-corrected chi connectivity index (χ1v) is 6.04. The number of rotatable bonds is 2. The third-order valence-corrected chi connectivity index (χ3v) is 3.76. The van der Waals surface area contributed by atoms with Crippen LogP contribution < -0.4 is 11.2 Å². The van der Waals surface area contributed by atoms with Crippen molar-refractivity contribution in [2.45, 2.75) is 16.8 Å². The third kappa shape index (κ3) is 2.26. The van der Waals surface area contributed by atoms with E-state index >= 15 is 0 Å². The average Bonchev–Trinajstić information content (AvgIpc) is 2.34. The first-order valence-electron chi connectivity index (χ1n) is 4.89. The molecule has 6 heteroatoms. The molecule has 0 saturated heterocycles. The van der Waals surface area contributed by atoms with Crippen molar-refractivity contribution in [3.8, 4) is 0 Å². The van der Waals surface area contributed by atoms with Crippen molar-refractivity contribution >= 4 is 10.8 Å². The number of hydrogen-bond donors (Lipinski definition) is 2. The van der Waals surface area contributed by atoms with Crippen LogP contribution in [0.5, 0.6) is 0 Å². The van der Waals surface area contributed by atoms with Crippen LogP contribution in [0.1, 0.15) is 5.56 Å². The van der Waals surface area contributed by atoms with Crippen molar-refractivity contribution in [2.24, 2.45) is 0 Å². The molecule has 1 heterocycles. The fourth-order valence-electron chi connectivity index (χ4n) is 1.38. The van der Waals surface area contributed by atoms with Gasteiger partial charge < -0.3 is 0 Å². The van der Waals surface area contributed by atoms with Crippen LogP contribution in [0, 0.1) is 6.92 Å². The van der Waals surface area contributed by atoms with E-state index < -0.39 is 22.0 Å². The van der Waals surface area contributed by atoms with Gasteiger partial charge in [0.2, 0.25) is 0 Å². The molecule has 1 aromatic heterocycles. The number of aromatic amines is 2. The highest BCUT2D eigenvalue weighted by Gasteiger charge is 2.13. The van der Waals surface area contributed by atoms with E-state index in [0.29, 0.717) is 4.90 Å². The summed E-state index contributed by atoms with van der Waals surface area (Å²) in [5, 5.41) is 0.143. The minimum Gasteiger partial charge on any atom is -0.299 e. The van der Waals surface area contributed by atoms with Crippen LogP contribution in [0.4, 0.5) is 0 Å². The Hall–Kier alpha value is -1.95. The summed E-state index contributed by atoms with van der Waals surface area (Å²) < 4.78 is 12.2. The molecule has 0 aliphatic rings. The van der Waals surface area contributed by atoms with Crippen molar-refractivity contribution in [2.75, 3.05) is 0 Å². The largest absolute Gasteiger partial charge is 0.326 e. The summed E-state index contributed by atoms with van der Waals surface area (Å²) in [5.74, 6) is 0. The maximum absolute atomic E-state index is 12.2. The van der Waals surface area contributed by atoms with Gasteiger partial charge in [-0.3, -0.25) is 14.8 Å². The molecule has 2 rings (SSSR count). The lowest BCUT2D eigenvalue weighted by atomic mass is 10.4. The van der Waals surface area contributed by atoms with E-state index in [9.17, 15) is 13.8 Å². The molecule has 0 saturated carbocycles. The van der Waals surface area contributed by atoms with Gasteiger partial charge in [0, 0.05) is 10.5 Å². The average molecular weight is 250 g/mol. The van der Waals surface area contributed by atoms with E-state index in [1.54, 1.807) is 30.3 Å². The molecule has 0 aliphatic carbocycles. The Balaban J connectivity index is 2.60. The highest BCUT2D eigenvalue weighted by Crippen LogP contribution is 2.13. The highest BCUT2D eigenvalue weighted by atomic mass is 32.2. The van der Waals surface area contributed by atoms with Crippen molar-refractivity contribution in [3.05, 3.63) is 56.7 Å². The number of H-pyrrole nitrogens is 2. The molecular weight excluding hydrogens is 240 g/mol. The Labute approximate surface area is 99.0 Å². The molecule has 0 bridgehead atoms. The molecule has 0 aliphatic heterocycles. The van der Waals surface area contributed by atoms with E-state index in [-0.39, 0.29) is 10.6 Å². The quantitative estimate of drug-likeness (QED) is 0.763. The van der Waals surface area contributed by atoms with Crippen LogP contribution >= 0.6 is 0 Å². The van der Waals surface area contributed by atoms with Crippen molar-refractivity contribution < 1.29 is 4.21 Å². The van der Waals surface area contributed by atoms with E-state index in [4.69, 9.17) is 0 Å². The van der Waals surface area contributed by atoms with E-state index in [0.717, 1.165) is 0 Å². The number of benzene rings is 1. The fraction of sp³-hybridized carbons (Fsp3) is 0.0909. The first kappa shape index (κ1) is 11.5. The summed E-state index contributed by atoms with van der Waals surface area (Å²) in [7, 11) is -1.55. The summed E-state index contributed by atoms with van der Waals surface area (Å²) >= 11 is 0. The molecule has 5 nitrogen and oxygen atoms in total. The second-order valence-electron chi connectivity index (χ2n) is 3.44. The Morgan fingerprint density at radius 3 is 2.35 bits per heavy atom. The van der Waals surface area contributed by atoms with Gasteiger partial charge in [0.05, 0.1) is 0 Å². The molecule has 0 fully saturated rings. The van der Waals surface area contributed by atoms with Crippen LogP contribution in [0.25, 0.3) is 0 Å². The van der Waals surface area contributed by atoms with Crippen LogP contribution in [-0.2, 0) is 10.8 Å². The molecule has 2 N–H and O–H groups in total. The Morgan fingerprint density at radius 1 is 1.06 bits per heavy atom. The standard InChI is InChI=1S/C11H10N2O3S/c1-7-9(14)12-11(15)13-10(7)17(16)8-5-3-2-4-6-8/h2-6H,1H3,(H2,12,13,14,15). The predicted octanol–water partition coefficient (Wildman–Crippen LogP) is 0.538. The highest BCUT2D eigenvalue weighted by molar-refractivity contribution is 7.85. The summed E-state index contributed by atoms with van der Waals surface area (Å²) in [6, 6.07) is 8.64. The lowest BCUT2D eigenvalue weighted by Crippen LogP contribution is -2.26. The zero-order valence-electron chi connectivity index (χ0n) is 9.02. The minimum absolute atomic E-state index is 0.143. The summed E-state index contributed by atoms with van der Waals surface area (Å²) in [6.07, 6.45) is 0. The molecular formula is C11H10N2O3S. The summed E-state index contributed by atoms with van der Waals surface area (Å²) in [5.41, 5.74) is -0.917. The Kier molecular flexibility index (Phi) is 3.06. The molecule has 1 atom stereocenters. The van der Waals surface area contributed by atoms with Gasteiger partial charge in [-0.05, 0) is 19.1 Å². The molecule has 88 valence electrons. The Morgan fingerprint density at radius 2 is 1.71 bits per heavy atom. The summed E-state index contributed by atoms with van der Waals surface area (Å²) in [4.78, 5) is 27.6. The molecule has 17 heavy (non-hydrogen) atoms. The molecule has 0 radical (unpaired) electrons. The van der Waals surface area contributed by atoms with Gasteiger partial charge in [-0.2, -0.15) is 0 Å². The van der Waals surface area contributed by atoms with E-state index in [1.165, 1.54) is 6.92 Å². The van der Waals surface area contributed by atoms with E-state index in [1.807, 2.05) is 0 Å². The molecule has 2 aromatic rings. The van der Waals surface area contributed by atoms with Gasteiger partial charge >= 0.3 is 5.69 Å². The molecule has 0 spiro atoms. The van der Waals surface area contributed by atoms with Crippen molar-refractivity contribution in [3.63, 3.8) is 0 Å². The topological polar surface area (TPSA) is 82.8 Å². The van der Waals surface area contributed by atoms with Gasteiger partial charge in [0.25, 0.3) is 5.56 Å². The van der Waals surface area contributed by atoms with E-state index in [2.05, 4.69) is 9.97 Å². The minimum atomic E-state index is -1.55. The second kappa shape index (κ2) is 4.50. The van der Waals surface area contributed by atoms with Crippen LogP contribution in [0.2, 0.25) is 0 Å². The fourth-order valence-corrected chi connectivity index (χ4v) is 2.57. The second-order valence-corrected chi connectivity index (χ2v) is 4.86. The van der Waals surface area contributed by atoms with Crippen LogP contribution in [0.3, 0.4) is 0 Å². The van der Waals surface area contributed by atoms with Crippen molar-refractivity contribution in [1.29, 1.82) is 0 Å². The zero-order valence-corrected chi connectivity index (χ0v) is 9.84. The maximum atomic E-state index is 12.2. The number of hydrogen-bond acceptors (Lipinski definition) is 3. The molecule has 1 aromatic carbocycles. The lowest BCUT2D eigenvalue weighted by Gasteiger charge is -2.04. The third-order valence-electron chi connectivity index (χ3n) is 2.28. The van der Waals surface area contributed by atoms with Gasteiger partial charge in [-0.15, -0.1) is 0 Å². The van der Waals surface area contributed by atoms with Crippen molar-refractivity contribution in [1.82, 2.24) is 9.97 Å².